The maximum absolute atomic E-state index is 14.2. The number of esters is 2. The molecule has 2 aliphatic rings. The summed E-state index contributed by atoms with van der Waals surface area (Å²) in [6.45, 7) is 8.36. The number of alkyl carbamates (subject to hydrolysis) is 1. The number of carbonyl (C=O) groups excluding carboxylic acids is 5. The molecule has 0 saturated heterocycles. The van der Waals surface area contributed by atoms with E-state index in [1.165, 1.54) is 0 Å². The summed E-state index contributed by atoms with van der Waals surface area (Å²) >= 11 is 0. The standard InChI is InChI=1S/C41H49N3O9/c1-6-51-36(48)33-32-30(45)25-40(34(32)33,37(49)52-7-2)44-35(47)29(42-38(50)53-39(3,4)5)23-24-31(46)43-41(26-17-11-8-12-18-26,27-19-13-9-14-20-27)28-21-15-10-16-22-28/h8-22,29-30,32-34,45H,6-7,23-25H2,1-5H3,(H,42,50)(H,43,46)(H,44,47)/t29?,30-,32-,33-,34-,40-/m0/s1. The molecule has 3 amide bonds. The van der Waals surface area contributed by atoms with Gasteiger partial charge in [-0.25, -0.2) is 9.59 Å². The van der Waals surface area contributed by atoms with Crippen LogP contribution in [0.15, 0.2) is 91.0 Å². The van der Waals surface area contributed by atoms with Crippen molar-refractivity contribution in [2.45, 2.75) is 82.7 Å². The summed E-state index contributed by atoms with van der Waals surface area (Å²) in [6.07, 6.45) is -2.62. The van der Waals surface area contributed by atoms with E-state index in [9.17, 15) is 29.1 Å². The van der Waals surface area contributed by atoms with E-state index >= 15 is 0 Å². The van der Waals surface area contributed by atoms with Gasteiger partial charge in [-0.3, -0.25) is 14.4 Å². The van der Waals surface area contributed by atoms with Gasteiger partial charge in [0, 0.05) is 24.7 Å². The van der Waals surface area contributed by atoms with Crippen molar-refractivity contribution in [3.63, 3.8) is 0 Å². The highest BCUT2D eigenvalue weighted by Crippen LogP contribution is 2.63. The molecule has 12 nitrogen and oxygen atoms in total. The second-order valence-corrected chi connectivity index (χ2v) is 14.5. The first-order valence-electron chi connectivity index (χ1n) is 18.1. The highest BCUT2D eigenvalue weighted by molar-refractivity contribution is 5.95. The van der Waals surface area contributed by atoms with Crippen LogP contribution in [0.5, 0.6) is 0 Å². The number of aliphatic hydroxyl groups is 1. The Morgan fingerprint density at radius 2 is 1.32 bits per heavy atom. The van der Waals surface area contributed by atoms with E-state index < -0.39 is 76.4 Å². The van der Waals surface area contributed by atoms with Gasteiger partial charge in [0.2, 0.25) is 11.8 Å². The first-order chi connectivity index (χ1) is 25.3. The van der Waals surface area contributed by atoms with Crippen LogP contribution in [0.4, 0.5) is 4.79 Å². The molecule has 12 heteroatoms. The van der Waals surface area contributed by atoms with Crippen molar-refractivity contribution in [1.29, 1.82) is 0 Å². The largest absolute Gasteiger partial charge is 0.466 e. The number of hydrogen-bond donors (Lipinski definition) is 4. The van der Waals surface area contributed by atoms with E-state index in [2.05, 4.69) is 16.0 Å². The second-order valence-electron chi connectivity index (χ2n) is 14.5. The molecule has 0 aromatic heterocycles. The average Bonchev–Trinajstić information content (AvgIpc) is 3.83. The molecule has 0 heterocycles. The SMILES string of the molecule is CCOC(=O)[C@H]1[C@H]2[C@@H]1[C@](NC(=O)C(CCC(=O)NC(c1ccccc1)(c1ccccc1)c1ccccc1)NC(=O)OC(C)(C)C)(C(=O)OCC)C[C@@H]2O. The summed E-state index contributed by atoms with van der Waals surface area (Å²) in [7, 11) is 0. The number of benzene rings is 3. The Balaban J connectivity index is 1.45. The average molecular weight is 728 g/mol. The highest BCUT2D eigenvalue weighted by atomic mass is 16.6. The molecule has 0 spiro atoms. The van der Waals surface area contributed by atoms with Gasteiger partial charge in [-0.2, -0.15) is 0 Å². The summed E-state index contributed by atoms with van der Waals surface area (Å²) in [6, 6.07) is 27.2. The van der Waals surface area contributed by atoms with E-state index in [0.29, 0.717) is 0 Å². The molecule has 0 bridgehead atoms. The van der Waals surface area contributed by atoms with Gasteiger partial charge in [-0.15, -0.1) is 0 Å². The van der Waals surface area contributed by atoms with Crippen LogP contribution in [0.2, 0.25) is 0 Å². The van der Waals surface area contributed by atoms with Gasteiger partial charge in [0.05, 0.1) is 25.2 Å². The number of rotatable bonds is 14. The summed E-state index contributed by atoms with van der Waals surface area (Å²) in [4.78, 5) is 67.9. The predicted octanol–water partition coefficient (Wildman–Crippen LogP) is 4.38. The van der Waals surface area contributed by atoms with E-state index in [0.717, 1.165) is 16.7 Å². The fourth-order valence-electron chi connectivity index (χ4n) is 7.61. The van der Waals surface area contributed by atoms with Crippen LogP contribution in [0, 0.1) is 17.8 Å². The Bertz CT molecular complexity index is 1670. The molecular formula is C41H49N3O9. The summed E-state index contributed by atoms with van der Waals surface area (Å²) < 4.78 is 16.0. The number of amides is 3. The molecule has 3 aromatic carbocycles. The molecule has 2 fully saturated rings. The third-order valence-electron chi connectivity index (χ3n) is 9.78. The van der Waals surface area contributed by atoms with Crippen molar-refractivity contribution >= 4 is 29.8 Å². The normalized spacial score (nSPS) is 22.4. The Morgan fingerprint density at radius 3 is 1.79 bits per heavy atom. The molecule has 282 valence electrons. The third kappa shape index (κ3) is 8.38. The highest BCUT2D eigenvalue weighted by Gasteiger charge is 2.76. The van der Waals surface area contributed by atoms with Crippen molar-refractivity contribution in [2.75, 3.05) is 13.2 Å². The minimum Gasteiger partial charge on any atom is -0.466 e. The van der Waals surface area contributed by atoms with Gasteiger partial charge >= 0.3 is 18.0 Å². The number of aliphatic hydroxyl groups excluding tert-OH is 1. The maximum Gasteiger partial charge on any atom is 0.408 e. The van der Waals surface area contributed by atoms with Crippen molar-refractivity contribution in [1.82, 2.24) is 16.0 Å². The third-order valence-corrected chi connectivity index (χ3v) is 9.78. The van der Waals surface area contributed by atoms with Gasteiger partial charge < -0.3 is 35.3 Å². The summed E-state index contributed by atoms with van der Waals surface area (Å²) in [5.41, 5.74) is -1.38. The lowest BCUT2D eigenvalue weighted by Gasteiger charge is -2.37. The molecule has 0 aliphatic heterocycles. The Morgan fingerprint density at radius 1 is 0.811 bits per heavy atom. The summed E-state index contributed by atoms with van der Waals surface area (Å²) in [5.74, 6) is -4.85. The van der Waals surface area contributed by atoms with E-state index in [4.69, 9.17) is 14.2 Å². The van der Waals surface area contributed by atoms with Gasteiger partial charge in [-0.05, 0) is 57.7 Å². The van der Waals surface area contributed by atoms with Crippen LogP contribution in [0.3, 0.4) is 0 Å². The van der Waals surface area contributed by atoms with Gasteiger partial charge in [0.1, 0.15) is 22.7 Å². The molecule has 5 rings (SSSR count). The van der Waals surface area contributed by atoms with Crippen molar-refractivity contribution in [2.24, 2.45) is 17.8 Å². The molecule has 4 N–H and O–H groups in total. The zero-order valence-electron chi connectivity index (χ0n) is 30.8. The molecule has 6 atom stereocenters. The predicted molar refractivity (Wildman–Crippen MR) is 195 cm³/mol. The second kappa shape index (κ2) is 16.2. The molecule has 3 aromatic rings. The minimum absolute atomic E-state index is 0.0141. The molecule has 53 heavy (non-hydrogen) atoms. The van der Waals surface area contributed by atoms with Gasteiger partial charge in [-0.1, -0.05) is 91.0 Å². The van der Waals surface area contributed by atoms with Crippen molar-refractivity contribution in [3.8, 4) is 0 Å². The maximum atomic E-state index is 14.2. The Labute approximate surface area is 310 Å². The minimum atomic E-state index is -1.77. The van der Waals surface area contributed by atoms with E-state index in [1.54, 1.807) is 34.6 Å². The van der Waals surface area contributed by atoms with Gasteiger partial charge in [0.25, 0.3) is 0 Å². The number of fused-ring (bicyclic) bond motifs is 1. The lowest BCUT2D eigenvalue weighted by molar-refractivity contribution is -0.157. The Kier molecular flexibility index (Phi) is 11.9. The number of carbonyl (C=O) groups is 5. The number of nitrogens with one attached hydrogen (secondary N) is 3. The lowest BCUT2D eigenvalue weighted by atomic mass is 9.77. The van der Waals surface area contributed by atoms with E-state index in [-0.39, 0.29) is 32.5 Å². The van der Waals surface area contributed by atoms with Crippen LogP contribution in [-0.2, 0) is 38.9 Å². The topological polar surface area (TPSA) is 169 Å². The molecule has 0 radical (unpaired) electrons. The van der Waals surface area contributed by atoms with E-state index in [1.807, 2.05) is 91.0 Å². The van der Waals surface area contributed by atoms with Crippen LogP contribution in [0.25, 0.3) is 0 Å². The fourth-order valence-corrected chi connectivity index (χ4v) is 7.61. The molecule has 1 unspecified atom stereocenters. The van der Waals surface area contributed by atoms with Crippen LogP contribution >= 0.6 is 0 Å². The smallest absolute Gasteiger partial charge is 0.408 e. The van der Waals surface area contributed by atoms with Crippen LogP contribution < -0.4 is 16.0 Å². The first-order valence-corrected chi connectivity index (χ1v) is 18.1. The summed E-state index contributed by atoms with van der Waals surface area (Å²) in [5, 5.41) is 19.6. The van der Waals surface area contributed by atoms with Gasteiger partial charge in [0.15, 0.2) is 0 Å². The lowest BCUT2D eigenvalue weighted by Crippen LogP contribution is -2.61. The fraction of sp³-hybridized carbons (Fsp3) is 0.439. The molecule has 2 saturated carbocycles. The van der Waals surface area contributed by atoms with Crippen molar-refractivity contribution < 1.29 is 43.3 Å². The quantitative estimate of drug-likeness (QED) is 0.107. The number of hydrogen-bond acceptors (Lipinski definition) is 9. The van der Waals surface area contributed by atoms with Crippen LogP contribution in [-0.4, -0.2) is 71.5 Å². The van der Waals surface area contributed by atoms with Crippen LogP contribution in [0.1, 0.15) is 70.6 Å². The Hall–Kier alpha value is -5.23. The zero-order valence-corrected chi connectivity index (χ0v) is 30.8. The zero-order chi connectivity index (χ0) is 38.4. The molecule has 2 aliphatic carbocycles. The molecular weight excluding hydrogens is 678 g/mol. The monoisotopic (exact) mass is 727 g/mol. The first kappa shape index (κ1) is 39.0. The van der Waals surface area contributed by atoms with Crippen molar-refractivity contribution in [3.05, 3.63) is 108 Å². The number of ether oxygens (including phenoxy) is 3.